The second-order valence-corrected chi connectivity index (χ2v) is 5.75. The van der Waals surface area contributed by atoms with Crippen LogP contribution >= 0.6 is 0 Å². The molecule has 0 saturated heterocycles. The molecule has 0 saturated carbocycles. The molecule has 7 nitrogen and oxygen atoms in total. The third kappa shape index (κ3) is 5.66. The van der Waals surface area contributed by atoms with Crippen LogP contribution in [0.4, 0.5) is 0 Å². The minimum Gasteiger partial charge on any atom is -0.383 e. The lowest BCUT2D eigenvalue weighted by Gasteiger charge is -2.19. The van der Waals surface area contributed by atoms with Crippen molar-refractivity contribution >= 4 is 5.91 Å². The molecule has 7 heteroatoms. The Balaban J connectivity index is 2.51. The maximum absolute atomic E-state index is 11.9. The van der Waals surface area contributed by atoms with Gasteiger partial charge in [-0.3, -0.25) is 4.79 Å². The number of nitrogens with one attached hydrogen (secondary N) is 2. The van der Waals surface area contributed by atoms with E-state index in [9.17, 15) is 4.79 Å². The lowest BCUT2D eigenvalue weighted by molar-refractivity contribution is -0.124. The van der Waals surface area contributed by atoms with Gasteiger partial charge in [0.15, 0.2) is 0 Å². The van der Waals surface area contributed by atoms with Crippen molar-refractivity contribution in [3.05, 3.63) is 11.9 Å². The van der Waals surface area contributed by atoms with Crippen molar-refractivity contribution in [2.45, 2.75) is 45.8 Å². The summed E-state index contributed by atoms with van der Waals surface area (Å²) < 4.78 is 6.46. The van der Waals surface area contributed by atoms with Gasteiger partial charge in [-0.15, -0.1) is 5.10 Å². The van der Waals surface area contributed by atoms with Crippen LogP contribution in [0.3, 0.4) is 0 Å². The first-order valence-electron chi connectivity index (χ1n) is 6.76. The van der Waals surface area contributed by atoms with Gasteiger partial charge in [-0.2, -0.15) is 0 Å². The molecule has 0 aliphatic carbocycles. The highest BCUT2D eigenvalue weighted by Gasteiger charge is 2.17. The Labute approximate surface area is 120 Å². The molecular weight excluding hydrogens is 258 g/mol. The molecule has 0 fully saturated rings. The molecule has 1 aromatic rings. The van der Waals surface area contributed by atoms with Crippen molar-refractivity contribution in [3.8, 4) is 0 Å². The molecular formula is C13H25N5O2. The molecule has 0 aliphatic heterocycles. The van der Waals surface area contributed by atoms with E-state index < -0.39 is 0 Å². The first-order valence-corrected chi connectivity index (χ1v) is 6.76. The number of aromatic nitrogens is 3. The van der Waals surface area contributed by atoms with Crippen LogP contribution in [0, 0.1) is 0 Å². The molecule has 20 heavy (non-hydrogen) atoms. The van der Waals surface area contributed by atoms with Gasteiger partial charge in [-0.1, -0.05) is 5.21 Å². The summed E-state index contributed by atoms with van der Waals surface area (Å²) in [7, 11) is 1.60. The van der Waals surface area contributed by atoms with Crippen LogP contribution < -0.4 is 10.6 Å². The van der Waals surface area contributed by atoms with Crippen LogP contribution in [0.1, 0.15) is 39.4 Å². The van der Waals surface area contributed by atoms with Gasteiger partial charge in [0.25, 0.3) is 0 Å². The lowest BCUT2D eigenvalue weighted by atomic mass is 10.1. The highest BCUT2D eigenvalue weighted by molar-refractivity contribution is 5.79. The summed E-state index contributed by atoms with van der Waals surface area (Å²) >= 11 is 0. The smallest absolute Gasteiger partial charge is 0.244 e. The molecule has 1 heterocycles. The number of nitrogens with zero attached hydrogens (tertiary/aromatic N) is 3. The number of carbonyl (C=O) groups excluding carboxylic acids is 1. The second-order valence-electron chi connectivity index (χ2n) is 5.75. The first kappa shape index (κ1) is 16.6. The molecule has 1 atom stereocenters. The average molecular weight is 283 g/mol. The van der Waals surface area contributed by atoms with Crippen LogP contribution in [0.5, 0.6) is 0 Å². The predicted octanol–water partition coefficient (Wildman–Crippen LogP) is 0.490. The summed E-state index contributed by atoms with van der Waals surface area (Å²) in [5.74, 6) is -0.0951. The summed E-state index contributed by atoms with van der Waals surface area (Å²) in [5, 5.41) is 14.2. The minimum absolute atomic E-state index is 0.0208. The van der Waals surface area contributed by atoms with E-state index in [1.807, 2.05) is 0 Å². The maximum Gasteiger partial charge on any atom is 0.244 e. The lowest BCUT2D eigenvalue weighted by Crippen LogP contribution is -2.35. The summed E-state index contributed by atoms with van der Waals surface area (Å²) in [6.45, 7) is 9.67. The van der Waals surface area contributed by atoms with Gasteiger partial charge >= 0.3 is 0 Å². The number of methoxy groups -OCH3 is 1. The Hall–Kier alpha value is -1.47. The predicted molar refractivity (Wildman–Crippen MR) is 76.2 cm³/mol. The SMILES string of the molecule is COCCNC(=O)C(C)n1cc(CNC(C)(C)C)nn1. The molecule has 1 amide bonds. The Bertz CT molecular complexity index is 425. The standard InChI is InChI=1S/C13H25N5O2/c1-10(12(19)14-6-7-20-5)18-9-11(16-17-18)8-15-13(2,3)4/h9-10,15H,6-8H2,1-5H3,(H,14,19). The fraction of sp³-hybridized carbons (Fsp3) is 0.769. The van der Waals surface area contributed by atoms with Gasteiger partial charge in [0, 0.05) is 25.7 Å². The van der Waals surface area contributed by atoms with Crippen molar-refractivity contribution in [1.82, 2.24) is 25.6 Å². The highest BCUT2D eigenvalue weighted by Crippen LogP contribution is 2.06. The minimum atomic E-state index is -0.386. The van der Waals surface area contributed by atoms with E-state index in [-0.39, 0.29) is 17.5 Å². The van der Waals surface area contributed by atoms with E-state index in [1.54, 1.807) is 24.9 Å². The van der Waals surface area contributed by atoms with Gasteiger partial charge in [0.05, 0.1) is 18.5 Å². The zero-order valence-electron chi connectivity index (χ0n) is 12.9. The second kappa shape index (κ2) is 7.35. The van der Waals surface area contributed by atoms with Crippen molar-refractivity contribution in [3.63, 3.8) is 0 Å². The third-order valence-corrected chi connectivity index (χ3v) is 2.74. The largest absolute Gasteiger partial charge is 0.383 e. The van der Waals surface area contributed by atoms with Crippen LogP contribution in [0.15, 0.2) is 6.20 Å². The fourth-order valence-corrected chi connectivity index (χ4v) is 1.48. The van der Waals surface area contributed by atoms with Crippen molar-refractivity contribution in [2.24, 2.45) is 0 Å². The zero-order chi connectivity index (χ0) is 15.2. The van der Waals surface area contributed by atoms with Crippen LogP contribution in [0.25, 0.3) is 0 Å². The Morgan fingerprint density at radius 2 is 2.20 bits per heavy atom. The molecule has 1 unspecified atom stereocenters. The first-order chi connectivity index (χ1) is 9.33. The van der Waals surface area contributed by atoms with E-state index >= 15 is 0 Å². The molecule has 0 bridgehead atoms. The molecule has 2 N–H and O–H groups in total. The van der Waals surface area contributed by atoms with E-state index in [0.29, 0.717) is 19.7 Å². The van der Waals surface area contributed by atoms with Gasteiger partial charge in [-0.05, 0) is 27.7 Å². The van der Waals surface area contributed by atoms with E-state index in [1.165, 1.54) is 0 Å². The number of ether oxygens (including phenoxy) is 1. The molecule has 0 spiro atoms. The van der Waals surface area contributed by atoms with E-state index in [0.717, 1.165) is 5.69 Å². The maximum atomic E-state index is 11.9. The summed E-state index contributed by atoms with van der Waals surface area (Å²) in [6, 6.07) is -0.386. The highest BCUT2D eigenvalue weighted by atomic mass is 16.5. The molecule has 0 aromatic carbocycles. The molecule has 114 valence electrons. The van der Waals surface area contributed by atoms with Crippen molar-refractivity contribution < 1.29 is 9.53 Å². The Morgan fingerprint density at radius 1 is 1.50 bits per heavy atom. The summed E-state index contributed by atoms with van der Waals surface area (Å²) in [4.78, 5) is 11.9. The number of rotatable bonds is 7. The molecule has 0 aliphatic rings. The van der Waals surface area contributed by atoms with Gasteiger partial charge in [-0.25, -0.2) is 4.68 Å². The average Bonchev–Trinajstić information content (AvgIpc) is 2.83. The van der Waals surface area contributed by atoms with Crippen molar-refractivity contribution in [1.29, 1.82) is 0 Å². The van der Waals surface area contributed by atoms with E-state index in [2.05, 4.69) is 41.7 Å². The fourth-order valence-electron chi connectivity index (χ4n) is 1.48. The van der Waals surface area contributed by atoms with Crippen LogP contribution in [-0.2, 0) is 16.1 Å². The van der Waals surface area contributed by atoms with E-state index in [4.69, 9.17) is 4.74 Å². The van der Waals surface area contributed by atoms with Crippen LogP contribution in [-0.4, -0.2) is 46.7 Å². The number of carbonyl (C=O) groups is 1. The number of amides is 1. The van der Waals surface area contributed by atoms with Crippen LogP contribution in [0.2, 0.25) is 0 Å². The monoisotopic (exact) mass is 283 g/mol. The molecule has 0 radical (unpaired) electrons. The molecule has 1 aromatic heterocycles. The third-order valence-electron chi connectivity index (χ3n) is 2.74. The normalized spacial score (nSPS) is 13.2. The summed E-state index contributed by atoms with van der Waals surface area (Å²) in [6.07, 6.45) is 1.79. The quantitative estimate of drug-likeness (QED) is 0.712. The topological polar surface area (TPSA) is 81.1 Å². The van der Waals surface area contributed by atoms with Gasteiger partial charge < -0.3 is 15.4 Å². The number of hydrogen-bond donors (Lipinski definition) is 2. The number of hydrogen-bond acceptors (Lipinski definition) is 5. The van der Waals surface area contributed by atoms with Gasteiger partial charge in [0.2, 0.25) is 5.91 Å². The Morgan fingerprint density at radius 3 is 2.80 bits per heavy atom. The zero-order valence-corrected chi connectivity index (χ0v) is 12.9. The van der Waals surface area contributed by atoms with Gasteiger partial charge in [0.1, 0.15) is 6.04 Å². The Kier molecular flexibility index (Phi) is 6.09. The van der Waals surface area contributed by atoms with Crippen molar-refractivity contribution in [2.75, 3.05) is 20.3 Å². The summed E-state index contributed by atoms with van der Waals surface area (Å²) in [5.41, 5.74) is 0.837. The molecule has 1 rings (SSSR count).